The summed E-state index contributed by atoms with van der Waals surface area (Å²) in [6.45, 7) is 5.64. The molecule has 2 aromatic rings. The predicted octanol–water partition coefficient (Wildman–Crippen LogP) is 3.18. The molecule has 0 radical (unpaired) electrons. The molecule has 4 nitrogen and oxygen atoms in total. The first-order valence-corrected chi connectivity index (χ1v) is 10.8. The number of thiophene rings is 1. The maximum Gasteiger partial charge on any atom is 0.213 e. The normalized spacial score (nSPS) is 17.0. The Morgan fingerprint density at radius 3 is 2.62 bits per heavy atom. The average molecular weight is 365 g/mol. The van der Waals surface area contributed by atoms with Crippen molar-refractivity contribution in [3.63, 3.8) is 0 Å². The van der Waals surface area contributed by atoms with Crippen molar-refractivity contribution in [3.8, 4) is 0 Å². The Hall–Kier alpha value is -1.21. The van der Waals surface area contributed by atoms with Crippen LogP contribution in [0.1, 0.15) is 36.6 Å². The van der Waals surface area contributed by atoms with Crippen molar-refractivity contribution in [3.05, 3.63) is 57.8 Å². The van der Waals surface area contributed by atoms with Crippen molar-refractivity contribution in [1.82, 2.24) is 9.62 Å². The average Bonchev–Trinajstić information content (AvgIpc) is 3.09. The first-order chi connectivity index (χ1) is 11.5. The van der Waals surface area contributed by atoms with E-state index in [0.29, 0.717) is 6.54 Å². The van der Waals surface area contributed by atoms with Crippen LogP contribution in [0.15, 0.2) is 41.1 Å². The Labute approximate surface area is 148 Å². The molecule has 0 spiro atoms. The Morgan fingerprint density at radius 1 is 1.21 bits per heavy atom. The van der Waals surface area contributed by atoms with Crippen LogP contribution in [0.2, 0.25) is 0 Å². The lowest BCUT2D eigenvalue weighted by Gasteiger charge is -2.35. The summed E-state index contributed by atoms with van der Waals surface area (Å²) in [4.78, 5) is 2.38. The first kappa shape index (κ1) is 17.6. The molecule has 0 saturated carbocycles. The van der Waals surface area contributed by atoms with Crippen molar-refractivity contribution in [2.45, 2.75) is 38.1 Å². The molecular formula is C18H24N2O2S2. The molecule has 2 heterocycles. The van der Waals surface area contributed by atoms with E-state index in [9.17, 15) is 8.42 Å². The summed E-state index contributed by atoms with van der Waals surface area (Å²) < 4.78 is 27.1. The molecule has 24 heavy (non-hydrogen) atoms. The van der Waals surface area contributed by atoms with Gasteiger partial charge >= 0.3 is 0 Å². The quantitative estimate of drug-likeness (QED) is 0.856. The van der Waals surface area contributed by atoms with Gasteiger partial charge in [-0.25, -0.2) is 13.1 Å². The van der Waals surface area contributed by atoms with Crippen molar-refractivity contribution in [2.75, 3.05) is 13.1 Å². The minimum Gasteiger partial charge on any atom is -0.290 e. The highest BCUT2D eigenvalue weighted by atomic mass is 32.2. The summed E-state index contributed by atoms with van der Waals surface area (Å²) in [5.74, 6) is 0. The second-order valence-electron chi connectivity index (χ2n) is 6.50. The van der Waals surface area contributed by atoms with Crippen LogP contribution in [0, 0.1) is 0 Å². The third-order valence-corrected chi connectivity index (χ3v) is 7.14. The Bertz CT molecular complexity index is 770. The van der Waals surface area contributed by atoms with Gasteiger partial charge in [-0.05, 0) is 53.8 Å². The van der Waals surface area contributed by atoms with E-state index in [2.05, 4.69) is 50.7 Å². The van der Waals surface area contributed by atoms with Gasteiger partial charge in [-0.15, -0.1) is 0 Å². The molecule has 3 rings (SSSR count). The Morgan fingerprint density at radius 2 is 1.96 bits per heavy atom. The minimum absolute atomic E-state index is 0.0677. The van der Waals surface area contributed by atoms with E-state index in [1.807, 2.05) is 0 Å². The van der Waals surface area contributed by atoms with Gasteiger partial charge in [0, 0.05) is 25.7 Å². The van der Waals surface area contributed by atoms with E-state index >= 15 is 0 Å². The number of benzene rings is 1. The summed E-state index contributed by atoms with van der Waals surface area (Å²) in [6.07, 6.45) is 1.01. The highest BCUT2D eigenvalue weighted by Gasteiger charge is 2.27. The van der Waals surface area contributed by atoms with Gasteiger partial charge < -0.3 is 0 Å². The maximum absolute atomic E-state index is 12.2. The first-order valence-electron chi connectivity index (χ1n) is 8.29. The number of rotatable bonds is 6. The summed E-state index contributed by atoms with van der Waals surface area (Å²) in [5.41, 5.74) is 3.93. The fourth-order valence-electron chi connectivity index (χ4n) is 3.07. The molecule has 1 aromatic carbocycles. The van der Waals surface area contributed by atoms with Gasteiger partial charge in [-0.3, -0.25) is 4.90 Å². The molecule has 1 N–H and O–H groups in total. The van der Waals surface area contributed by atoms with Crippen LogP contribution in [0.4, 0.5) is 0 Å². The summed E-state index contributed by atoms with van der Waals surface area (Å²) in [5, 5.41) is 3.76. The van der Waals surface area contributed by atoms with Crippen LogP contribution in [0.5, 0.6) is 0 Å². The van der Waals surface area contributed by atoms with Crippen LogP contribution in [0.3, 0.4) is 0 Å². The van der Waals surface area contributed by atoms with E-state index in [1.54, 1.807) is 25.2 Å². The molecule has 1 aliphatic heterocycles. The number of nitrogens with zero attached hydrogens (tertiary/aromatic N) is 1. The predicted molar refractivity (Wildman–Crippen MR) is 99.7 cm³/mol. The Kier molecular flexibility index (Phi) is 5.39. The van der Waals surface area contributed by atoms with E-state index in [1.165, 1.54) is 16.7 Å². The van der Waals surface area contributed by atoms with Crippen molar-refractivity contribution in [2.24, 2.45) is 0 Å². The third kappa shape index (κ3) is 3.88. The summed E-state index contributed by atoms with van der Waals surface area (Å²) in [7, 11) is -3.26. The van der Waals surface area contributed by atoms with E-state index in [4.69, 9.17) is 0 Å². The zero-order valence-electron chi connectivity index (χ0n) is 14.1. The molecule has 0 aliphatic carbocycles. The fourth-order valence-corrected chi connectivity index (χ4v) is 4.50. The molecule has 0 amide bonds. The van der Waals surface area contributed by atoms with Gasteiger partial charge in [0.25, 0.3) is 0 Å². The topological polar surface area (TPSA) is 49.4 Å². The SMILES string of the molecule is CC(C)S(=O)(=O)NCC(c1ccsc1)N1CCc2ccccc2C1. The van der Waals surface area contributed by atoms with Gasteiger partial charge in [-0.2, -0.15) is 11.3 Å². The van der Waals surface area contributed by atoms with Crippen LogP contribution in [-0.4, -0.2) is 31.7 Å². The number of sulfonamides is 1. The minimum atomic E-state index is -3.26. The van der Waals surface area contributed by atoms with Gasteiger partial charge in [0.15, 0.2) is 0 Å². The number of hydrogen-bond acceptors (Lipinski definition) is 4. The zero-order chi connectivity index (χ0) is 17.2. The van der Waals surface area contributed by atoms with Crippen molar-refractivity contribution >= 4 is 21.4 Å². The second kappa shape index (κ2) is 7.35. The molecule has 0 saturated heterocycles. The molecule has 130 valence electrons. The zero-order valence-corrected chi connectivity index (χ0v) is 15.7. The molecule has 1 unspecified atom stereocenters. The monoisotopic (exact) mass is 364 g/mol. The standard InChI is InChI=1S/C18H24N2O2S2/c1-14(2)24(21,22)19-11-18(17-8-10-23-13-17)20-9-7-15-5-3-4-6-16(15)12-20/h3-6,8,10,13-14,18-19H,7,9,11-12H2,1-2H3. The number of fused-ring (bicyclic) bond motifs is 1. The molecule has 0 bridgehead atoms. The largest absolute Gasteiger partial charge is 0.290 e. The lowest BCUT2D eigenvalue weighted by molar-refractivity contribution is 0.180. The van der Waals surface area contributed by atoms with Crippen LogP contribution < -0.4 is 4.72 Å². The van der Waals surface area contributed by atoms with Gasteiger partial charge in [0.2, 0.25) is 10.0 Å². The maximum atomic E-state index is 12.2. The summed E-state index contributed by atoms with van der Waals surface area (Å²) in [6, 6.07) is 10.7. The smallest absolute Gasteiger partial charge is 0.213 e. The van der Waals surface area contributed by atoms with Gasteiger partial charge in [0.1, 0.15) is 0 Å². The lowest BCUT2D eigenvalue weighted by Crippen LogP contribution is -2.42. The fraction of sp³-hybridized carbons (Fsp3) is 0.444. The molecule has 1 aromatic heterocycles. The molecule has 1 aliphatic rings. The highest BCUT2D eigenvalue weighted by molar-refractivity contribution is 7.90. The summed E-state index contributed by atoms with van der Waals surface area (Å²) >= 11 is 1.65. The van der Waals surface area contributed by atoms with E-state index < -0.39 is 15.3 Å². The number of nitrogens with one attached hydrogen (secondary N) is 1. The van der Waals surface area contributed by atoms with Crippen molar-refractivity contribution < 1.29 is 8.42 Å². The van der Waals surface area contributed by atoms with Crippen LogP contribution >= 0.6 is 11.3 Å². The molecule has 0 fully saturated rings. The molecule has 6 heteroatoms. The van der Waals surface area contributed by atoms with Crippen molar-refractivity contribution in [1.29, 1.82) is 0 Å². The second-order valence-corrected chi connectivity index (χ2v) is 9.61. The number of hydrogen-bond donors (Lipinski definition) is 1. The molecular weight excluding hydrogens is 340 g/mol. The van der Waals surface area contributed by atoms with Gasteiger partial charge in [-0.1, -0.05) is 24.3 Å². The lowest BCUT2D eigenvalue weighted by atomic mass is 9.97. The molecule has 1 atom stereocenters. The highest BCUT2D eigenvalue weighted by Crippen LogP contribution is 2.29. The third-order valence-electron chi connectivity index (χ3n) is 4.63. The van der Waals surface area contributed by atoms with E-state index in [0.717, 1.165) is 19.5 Å². The van der Waals surface area contributed by atoms with Crippen LogP contribution in [-0.2, 0) is 23.0 Å². The van der Waals surface area contributed by atoms with E-state index in [-0.39, 0.29) is 6.04 Å². The van der Waals surface area contributed by atoms with Gasteiger partial charge in [0.05, 0.1) is 5.25 Å². The van der Waals surface area contributed by atoms with Crippen LogP contribution in [0.25, 0.3) is 0 Å². The Balaban J connectivity index is 1.79.